The van der Waals surface area contributed by atoms with Gasteiger partial charge in [-0.2, -0.15) is 4.98 Å². The molecule has 0 amide bonds. The standard InChI is InChI=1S/C17H22FN3O2/c1-4-22-13-10-17(19,16(13,2)3)15-20-14(21-23-15)9-11-6-5-7-12(18)8-11/h5-8,13H,4,9-10,19H2,1-3H3. The van der Waals surface area contributed by atoms with Crippen LogP contribution in [0.3, 0.4) is 0 Å². The van der Waals surface area contributed by atoms with E-state index in [9.17, 15) is 4.39 Å². The van der Waals surface area contributed by atoms with E-state index >= 15 is 0 Å². The molecule has 1 aliphatic carbocycles. The molecule has 0 saturated heterocycles. The van der Waals surface area contributed by atoms with Crippen LogP contribution in [0, 0.1) is 11.2 Å². The quantitative estimate of drug-likeness (QED) is 0.917. The summed E-state index contributed by atoms with van der Waals surface area (Å²) in [7, 11) is 0. The number of hydrogen-bond donors (Lipinski definition) is 1. The van der Waals surface area contributed by atoms with Gasteiger partial charge >= 0.3 is 0 Å². The molecule has 0 radical (unpaired) electrons. The average Bonchev–Trinajstić information content (AvgIpc) is 2.95. The number of halogens is 1. The third kappa shape index (κ3) is 2.66. The lowest BCUT2D eigenvalue weighted by Gasteiger charge is -2.56. The van der Waals surface area contributed by atoms with Gasteiger partial charge < -0.3 is 15.0 Å². The molecule has 5 nitrogen and oxygen atoms in total. The number of ether oxygens (including phenoxy) is 1. The fourth-order valence-corrected chi connectivity index (χ4v) is 3.13. The van der Waals surface area contributed by atoms with Gasteiger partial charge in [-0.05, 0) is 24.6 Å². The Morgan fingerprint density at radius 3 is 2.87 bits per heavy atom. The maximum atomic E-state index is 13.2. The second kappa shape index (κ2) is 5.69. The van der Waals surface area contributed by atoms with E-state index < -0.39 is 5.54 Å². The lowest BCUT2D eigenvalue weighted by atomic mass is 9.54. The molecular formula is C17H22FN3O2. The molecule has 1 fully saturated rings. The molecule has 2 N–H and O–H groups in total. The van der Waals surface area contributed by atoms with Crippen LogP contribution in [0.4, 0.5) is 4.39 Å². The number of aromatic nitrogens is 2. The molecule has 2 aromatic rings. The Balaban J connectivity index is 1.77. The number of hydrogen-bond acceptors (Lipinski definition) is 5. The van der Waals surface area contributed by atoms with Crippen LogP contribution in [-0.4, -0.2) is 22.9 Å². The van der Waals surface area contributed by atoms with Gasteiger partial charge in [0.1, 0.15) is 11.4 Å². The molecule has 3 rings (SSSR count). The molecule has 1 aliphatic rings. The van der Waals surface area contributed by atoms with E-state index in [0.29, 0.717) is 31.2 Å². The summed E-state index contributed by atoms with van der Waals surface area (Å²) in [6.45, 7) is 6.72. The summed E-state index contributed by atoms with van der Waals surface area (Å²) in [6.07, 6.45) is 1.14. The third-order valence-electron chi connectivity index (χ3n) is 4.93. The van der Waals surface area contributed by atoms with Gasteiger partial charge in [0.15, 0.2) is 5.82 Å². The second-order valence-corrected chi connectivity index (χ2v) is 6.66. The number of rotatable bonds is 5. The molecule has 0 spiro atoms. The number of nitrogens with zero attached hydrogens (tertiary/aromatic N) is 2. The molecule has 2 unspecified atom stereocenters. The number of benzene rings is 1. The van der Waals surface area contributed by atoms with E-state index in [1.165, 1.54) is 12.1 Å². The first kappa shape index (κ1) is 16.1. The highest BCUT2D eigenvalue weighted by Gasteiger charge is 2.62. The lowest BCUT2D eigenvalue weighted by Crippen LogP contribution is -2.67. The van der Waals surface area contributed by atoms with Gasteiger partial charge in [0, 0.05) is 24.9 Å². The van der Waals surface area contributed by atoms with Gasteiger partial charge in [0.05, 0.1) is 6.10 Å². The third-order valence-corrected chi connectivity index (χ3v) is 4.93. The summed E-state index contributed by atoms with van der Waals surface area (Å²) in [5.41, 5.74) is 6.33. The lowest BCUT2D eigenvalue weighted by molar-refractivity contribution is -0.162. The highest BCUT2D eigenvalue weighted by Crippen LogP contribution is 2.55. The minimum atomic E-state index is -0.694. The first-order valence-corrected chi connectivity index (χ1v) is 7.85. The zero-order chi connectivity index (χ0) is 16.7. The largest absolute Gasteiger partial charge is 0.378 e. The molecule has 124 valence electrons. The molecule has 1 saturated carbocycles. The highest BCUT2D eigenvalue weighted by atomic mass is 19.1. The highest BCUT2D eigenvalue weighted by molar-refractivity contribution is 5.23. The Labute approximate surface area is 135 Å². The van der Waals surface area contributed by atoms with Gasteiger partial charge in [-0.3, -0.25) is 0 Å². The van der Waals surface area contributed by atoms with Gasteiger partial charge in [-0.25, -0.2) is 4.39 Å². The van der Waals surface area contributed by atoms with Crippen LogP contribution in [0.5, 0.6) is 0 Å². The van der Waals surface area contributed by atoms with Crippen LogP contribution in [0.25, 0.3) is 0 Å². The Hall–Kier alpha value is -1.79. The topological polar surface area (TPSA) is 74.2 Å². The minimum absolute atomic E-state index is 0.0797. The average molecular weight is 319 g/mol. The van der Waals surface area contributed by atoms with E-state index in [2.05, 4.69) is 10.1 Å². The molecule has 1 aromatic carbocycles. The zero-order valence-corrected chi connectivity index (χ0v) is 13.7. The van der Waals surface area contributed by atoms with Crippen molar-refractivity contribution in [1.29, 1.82) is 0 Å². The van der Waals surface area contributed by atoms with E-state index in [-0.39, 0.29) is 17.3 Å². The van der Waals surface area contributed by atoms with Crippen LogP contribution in [-0.2, 0) is 16.7 Å². The number of nitrogens with two attached hydrogens (primary N) is 1. The van der Waals surface area contributed by atoms with Crippen molar-refractivity contribution < 1.29 is 13.7 Å². The molecule has 23 heavy (non-hydrogen) atoms. The van der Waals surface area contributed by atoms with Crippen molar-refractivity contribution in [2.75, 3.05) is 6.61 Å². The van der Waals surface area contributed by atoms with Gasteiger partial charge in [0.25, 0.3) is 0 Å². The van der Waals surface area contributed by atoms with Crippen molar-refractivity contribution >= 4 is 0 Å². The van der Waals surface area contributed by atoms with Crippen molar-refractivity contribution in [3.8, 4) is 0 Å². The summed E-state index contributed by atoms with van der Waals surface area (Å²) in [5.74, 6) is 0.650. The van der Waals surface area contributed by atoms with Gasteiger partial charge in [-0.15, -0.1) is 0 Å². The summed E-state index contributed by atoms with van der Waals surface area (Å²) >= 11 is 0. The van der Waals surface area contributed by atoms with E-state index in [1.54, 1.807) is 6.07 Å². The Kier molecular flexibility index (Phi) is 3.98. The molecule has 6 heteroatoms. The van der Waals surface area contributed by atoms with Crippen LogP contribution >= 0.6 is 0 Å². The SMILES string of the molecule is CCOC1CC(N)(c2nc(Cc3cccc(F)c3)no2)C1(C)C. The zero-order valence-electron chi connectivity index (χ0n) is 13.7. The molecule has 1 heterocycles. The van der Waals surface area contributed by atoms with Gasteiger partial charge in [-0.1, -0.05) is 31.1 Å². The smallest absolute Gasteiger partial charge is 0.247 e. The predicted octanol–water partition coefficient (Wildman–Crippen LogP) is 2.79. The molecular weight excluding hydrogens is 297 g/mol. The van der Waals surface area contributed by atoms with Crippen molar-refractivity contribution in [3.05, 3.63) is 47.4 Å². The van der Waals surface area contributed by atoms with Crippen LogP contribution < -0.4 is 5.73 Å². The summed E-state index contributed by atoms with van der Waals surface area (Å²) in [5, 5.41) is 4.00. The Bertz CT molecular complexity index is 701. The van der Waals surface area contributed by atoms with E-state index in [4.69, 9.17) is 15.0 Å². The first-order chi connectivity index (χ1) is 10.9. The maximum absolute atomic E-state index is 13.2. The molecule has 2 atom stereocenters. The summed E-state index contributed by atoms with van der Waals surface area (Å²) in [6, 6.07) is 6.37. The van der Waals surface area contributed by atoms with Gasteiger partial charge in [0.2, 0.25) is 5.89 Å². The molecule has 0 aliphatic heterocycles. The second-order valence-electron chi connectivity index (χ2n) is 6.66. The Morgan fingerprint density at radius 2 is 2.22 bits per heavy atom. The molecule has 0 bridgehead atoms. The Morgan fingerprint density at radius 1 is 1.43 bits per heavy atom. The summed E-state index contributed by atoms with van der Waals surface area (Å²) in [4.78, 5) is 4.44. The molecule has 1 aromatic heterocycles. The minimum Gasteiger partial charge on any atom is -0.378 e. The predicted molar refractivity (Wildman–Crippen MR) is 83.2 cm³/mol. The van der Waals surface area contributed by atoms with Crippen molar-refractivity contribution in [1.82, 2.24) is 10.1 Å². The van der Waals surface area contributed by atoms with Crippen molar-refractivity contribution in [3.63, 3.8) is 0 Å². The van der Waals surface area contributed by atoms with Crippen molar-refractivity contribution in [2.24, 2.45) is 11.1 Å². The monoisotopic (exact) mass is 319 g/mol. The fraction of sp³-hybridized carbons (Fsp3) is 0.529. The van der Waals surface area contributed by atoms with Crippen LogP contribution in [0.15, 0.2) is 28.8 Å². The van der Waals surface area contributed by atoms with Crippen LogP contribution in [0.1, 0.15) is 44.5 Å². The van der Waals surface area contributed by atoms with E-state index in [1.807, 2.05) is 26.8 Å². The maximum Gasteiger partial charge on any atom is 0.247 e. The van der Waals surface area contributed by atoms with E-state index in [0.717, 1.165) is 5.56 Å². The van der Waals surface area contributed by atoms with Crippen LogP contribution in [0.2, 0.25) is 0 Å². The summed E-state index contributed by atoms with van der Waals surface area (Å²) < 4.78 is 24.4. The fourth-order valence-electron chi connectivity index (χ4n) is 3.13. The normalized spacial score (nSPS) is 26.0. The van der Waals surface area contributed by atoms with Crippen molar-refractivity contribution in [2.45, 2.75) is 45.3 Å². The first-order valence-electron chi connectivity index (χ1n) is 7.85.